The second-order valence-corrected chi connectivity index (χ2v) is 4.43. The van der Waals surface area contributed by atoms with Gasteiger partial charge in [0.2, 0.25) is 6.39 Å². The maximum Gasteiger partial charge on any atom is 0.213 e. The summed E-state index contributed by atoms with van der Waals surface area (Å²) in [7, 11) is 0. The molecule has 0 radical (unpaired) electrons. The largest absolute Gasteiger partial charge is 0.399 e. The molecule has 1 aromatic heterocycles. The van der Waals surface area contributed by atoms with E-state index in [4.69, 9.17) is 5.73 Å². The van der Waals surface area contributed by atoms with Crippen molar-refractivity contribution in [1.82, 2.24) is 10.1 Å². The van der Waals surface area contributed by atoms with Crippen LogP contribution in [0.25, 0.3) is 0 Å². The van der Waals surface area contributed by atoms with Crippen molar-refractivity contribution < 1.29 is 4.52 Å². The molecule has 5 nitrogen and oxygen atoms in total. The highest BCUT2D eigenvalue weighted by molar-refractivity contribution is 14.1. The van der Waals surface area contributed by atoms with E-state index in [1.165, 1.54) is 6.39 Å². The second kappa shape index (κ2) is 5.15. The number of anilines is 2. The molecular weight excluding hydrogens is 319 g/mol. The molecule has 0 unspecified atom stereocenters. The number of nitrogens with one attached hydrogen (secondary N) is 1. The van der Waals surface area contributed by atoms with E-state index in [0.717, 1.165) is 27.9 Å². The van der Waals surface area contributed by atoms with Crippen LogP contribution in [0.1, 0.15) is 5.82 Å². The maximum absolute atomic E-state index is 5.67. The van der Waals surface area contributed by atoms with E-state index in [2.05, 4.69) is 42.6 Å². The number of nitrogens with zero attached hydrogens (tertiary/aromatic N) is 2. The smallest absolute Gasteiger partial charge is 0.213 e. The monoisotopic (exact) mass is 330 g/mol. The zero-order chi connectivity index (χ0) is 11.4. The molecule has 1 aromatic carbocycles. The van der Waals surface area contributed by atoms with Crippen LogP contribution in [0.15, 0.2) is 29.1 Å². The summed E-state index contributed by atoms with van der Waals surface area (Å²) < 4.78 is 5.75. The predicted molar refractivity (Wildman–Crippen MR) is 70.1 cm³/mol. The van der Waals surface area contributed by atoms with Crippen LogP contribution in [0.4, 0.5) is 11.4 Å². The van der Waals surface area contributed by atoms with Gasteiger partial charge in [-0.1, -0.05) is 5.16 Å². The maximum atomic E-state index is 5.67. The van der Waals surface area contributed by atoms with Crippen LogP contribution in [0.3, 0.4) is 0 Å². The average Bonchev–Trinajstić information content (AvgIpc) is 2.74. The molecule has 0 saturated heterocycles. The van der Waals surface area contributed by atoms with Crippen LogP contribution in [-0.4, -0.2) is 16.7 Å². The molecule has 2 aromatic rings. The topological polar surface area (TPSA) is 77.0 Å². The second-order valence-electron chi connectivity index (χ2n) is 3.26. The standard InChI is InChI=1S/C10H11IN4O/c11-8-5-7(12)1-2-9(8)13-4-3-10-14-6-16-15-10/h1-2,5-6,13H,3-4,12H2. The van der Waals surface area contributed by atoms with E-state index in [-0.39, 0.29) is 0 Å². The molecule has 0 aliphatic rings. The van der Waals surface area contributed by atoms with Gasteiger partial charge in [0.15, 0.2) is 5.82 Å². The van der Waals surface area contributed by atoms with E-state index in [9.17, 15) is 0 Å². The quantitative estimate of drug-likeness (QED) is 0.662. The molecule has 0 spiro atoms. The number of aromatic nitrogens is 2. The number of benzene rings is 1. The van der Waals surface area contributed by atoms with E-state index in [1.54, 1.807) is 0 Å². The number of nitrogens with two attached hydrogens (primary N) is 1. The first kappa shape index (κ1) is 11.2. The van der Waals surface area contributed by atoms with Gasteiger partial charge in [-0.25, -0.2) is 0 Å². The van der Waals surface area contributed by atoms with E-state index in [0.29, 0.717) is 5.82 Å². The first-order chi connectivity index (χ1) is 7.75. The molecule has 0 amide bonds. The van der Waals surface area contributed by atoms with Gasteiger partial charge in [0.1, 0.15) is 0 Å². The summed E-state index contributed by atoms with van der Waals surface area (Å²) in [5.41, 5.74) is 7.51. The molecule has 0 atom stereocenters. The average molecular weight is 330 g/mol. The molecule has 6 heteroatoms. The van der Waals surface area contributed by atoms with Gasteiger partial charge in [-0.2, -0.15) is 4.98 Å². The summed E-state index contributed by atoms with van der Waals surface area (Å²) in [5.74, 6) is 0.706. The highest BCUT2D eigenvalue weighted by atomic mass is 127. The summed E-state index contributed by atoms with van der Waals surface area (Å²) >= 11 is 2.25. The van der Waals surface area contributed by atoms with Gasteiger partial charge >= 0.3 is 0 Å². The Kier molecular flexibility index (Phi) is 3.60. The molecule has 3 N–H and O–H groups in total. The van der Waals surface area contributed by atoms with E-state index < -0.39 is 0 Å². The van der Waals surface area contributed by atoms with Gasteiger partial charge in [0, 0.05) is 27.9 Å². The zero-order valence-electron chi connectivity index (χ0n) is 8.48. The predicted octanol–water partition coefficient (Wildman–Crippen LogP) is 1.91. The minimum atomic E-state index is 0.706. The van der Waals surface area contributed by atoms with Crippen LogP contribution in [0, 0.1) is 3.57 Å². The third-order valence-electron chi connectivity index (χ3n) is 2.06. The first-order valence-electron chi connectivity index (χ1n) is 4.80. The Morgan fingerprint density at radius 3 is 3.00 bits per heavy atom. The third-order valence-corrected chi connectivity index (χ3v) is 2.96. The van der Waals surface area contributed by atoms with Crippen molar-refractivity contribution in [3.05, 3.63) is 34.0 Å². The molecule has 84 valence electrons. The van der Waals surface area contributed by atoms with E-state index >= 15 is 0 Å². The summed E-state index contributed by atoms with van der Waals surface area (Å²) in [6.45, 7) is 0.763. The summed E-state index contributed by atoms with van der Waals surface area (Å²) in [6.07, 6.45) is 2.07. The lowest BCUT2D eigenvalue weighted by Crippen LogP contribution is -2.07. The van der Waals surface area contributed by atoms with Crippen LogP contribution in [-0.2, 0) is 6.42 Å². The summed E-state index contributed by atoms with van der Waals surface area (Å²) in [6, 6.07) is 5.77. The van der Waals surface area contributed by atoms with Crippen molar-refractivity contribution in [2.24, 2.45) is 0 Å². The molecule has 0 aliphatic heterocycles. The Balaban J connectivity index is 1.90. The Hall–Kier alpha value is -1.31. The number of hydrogen-bond acceptors (Lipinski definition) is 5. The van der Waals surface area contributed by atoms with Gasteiger partial charge in [-0.05, 0) is 40.8 Å². The molecule has 1 heterocycles. The van der Waals surface area contributed by atoms with E-state index in [1.807, 2.05) is 18.2 Å². The number of hydrogen-bond donors (Lipinski definition) is 2. The number of halogens is 1. The minimum Gasteiger partial charge on any atom is -0.399 e. The lowest BCUT2D eigenvalue weighted by atomic mass is 10.3. The van der Waals surface area contributed by atoms with Crippen LogP contribution in [0.2, 0.25) is 0 Å². The molecule has 0 fully saturated rings. The molecule has 0 bridgehead atoms. The first-order valence-corrected chi connectivity index (χ1v) is 5.88. The van der Waals surface area contributed by atoms with Gasteiger partial charge < -0.3 is 15.6 Å². The highest BCUT2D eigenvalue weighted by Gasteiger charge is 2.01. The van der Waals surface area contributed by atoms with Crippen molar-refractivity contribution in [1.29, 1.82) is 0 Å². The fourth-order valence-corrected chi connectivity index (χ4v) is 2.02. The normalized spacial score (nSPS) is 10.3. The minimum absolute atomic E-state index is 0.706. The SMILES string of the molecule is Nc1ccc(NCCc2ncon2)c(I)c1. The van der Waals surface area contributed by atoms with Crippen molar-refractivity contribution in [2.45, 2.75) is 6.42 Å². The molecule has 0 aliphatic carbocycles. The Morgan fingerprint density at radius 2 is 2.31 bits per heavy atom. The summed E-state index contributed by atoms with van der Waals surface area (Å²) in [5, 5.41) is 7.03. The fourth-order valence-electron chi connectivity index (χ4n) is 1.29. The Bertz CT molecular complexity index is 458. The number of nitrogen functional groups attached to an aromatic ring is 1. The Morgan fingerprint density at radius 1 is 1.44 bits per heavy atom. The van der Waals surface area contributed by atoms with Gasteiger partial charge in [0.25, 0.3) is 0 Å². The van der Waals surface area contributed by atoms with Gasteiger partial charge in [-0.15, -0.1) is 0 Å². The summed E-state index contributed by atoms with van der Waals surface area (Å²) in [4.78, 5) is 3.94. The van der Waals surface area contributed by atoms with Crippen molar-refractivity contribution in [3.63, 3.8) is 0 Å². The molecule has 0 saturated carbocycles. The van der Waals surface area contributed by atoms with Crippen molar-refractivity contribution in [2.75, 3.05) is 17.6 Å². The van der Waals surface area contributed by atoms with Crippen LogP contribution < -0.4 is 11.1 Å². The zero-order valence-corrected chi connectivity index (χ0v) is 10.6. The lowest BCUT2D eigenvalue weighted by molar-refractivity contribution is 0.410. The van der Waals surface area contributed by atoms with Crippen molar-refractivity contribution >= 4 is 34.0 Å². The van der Waals surface area contributed by atoms with Gasteiger partial charge in [-0.3, -0.25) is 0 Å². The fraction of sp³-hybridized carbons (Fsp3) is 0.200. The van der Waals surface area contributed by atoms with Crippen LogP contribution in [0.5, 0.6) is 0 Å². The van der Waals surface area contributed by atoms with Crippen molar-refractivity contribution in [3.8, 4) is 0 Å². The Labute approximate surface area is 107 Å². The van der Waals surface area contributed by atoms with Crippen LogP contribution >= 0.6 is 22.6 Å². The lowest BCUT2D eigenvalue weighted by Gasteiger charge is -2.07. The highest BCUT2D eigenvalue weighted by Crippen LogP contribution is 2.20. The molecule has 2 rings (SSSR count). The molecular formula is C10H11IN4O. The third kappa shape index (κ3) is 2.84. The molecule has 16 heavy (non-hydrogen) atoms. The number of rotatable bonds is 4. The van der Waals surface area contributed by atoms with Gasteiger partial charge in [0.05, 0.1) is 0 Å².